The summed E-state index contributed by atoms with van der Waals surface area (Å²) < 4.78 is 0. The van der Waals surface area contributed by atoms with Crippen molar-refractivity contribution in [3.63, 3.8) is 0 Å². The molecule has 0 aliphatic carbocycles. The summed E-state index contributed by atoms with van der Waals surface area (Å²) in [6.45, 7) is 9.04. The van der Waals surface area contributed by atoms with Crippen molar-refractivity contribution >= 4 is 11.9 Å². The lowest BCUT2D eigenvalue weighted by molar-refractivity contribution is -0.133. The van der Waals surface area contributed by atoms with Crippen LogP contribution in [0.1, 0.15) is 38.8 Å². The van der Waals surface area contributed by atoms with Gasteiger partial charge in [0.05, 0.1) is 12.6 Å². The van der Waals surface area contributed by atoms with Gasteiger partial charge in [0.15, 0.2) is 5.96 Å². The Kier molecular flexibility index (Phi) is 8.10. The molecule has 6 nitrogen and oxygen atoms in total. The lowest BCUT2D eigenvalue weighted by Crippen LogP contribution is -2.45. The largest absolute Gasteiger partial charge is 0.357 e. The molecule has 1 aromatic rings. The quantitative estimate of drug-likeness (QED) is 0.568. The number of likely N-dealkylation sites (N-methyl/N-ethyl adjacent to an activating group) is 1. The SMILES string of the molecule is CCNC(=NCC(c1ccccc1)N(C)C)NC1CCN(C(=O)C(C)C)C1. The maximum Gasteiger partial charge on any atom is 0.225 e. The van der Waals surface area contributed by atoms with Gasteiger partial charge in [-0.15, -0.1) is 0 Å². The summed E-state index contributed by atoms with van der Waals surface area (Å²) in [5.74, 6) is 1.11. The molecule has 2 N–H and O–H groups in total. The van der Waals surface area contributed by atoms with Crippen LogP contribution in [0.5, 0.6) is 0 Å². The first-order valence-electron chi connectivity index (χ1n) is 9.97. The number of benzene rings is 1. The van der Waals surface area contributed by atoms with Crippen LogP contribution in [0, 0.1) is 5.92 Å². The molecule has 1 aromatic carbocycles. The highest BCUT2D eigenvalue weighted by atomic mass is 16.2. The molecule has 0 spiro atoms. The van der Waals surface area contributed by atoms with Crippen molar-refractivity contribution in [1.29, 1.82) is 0 Å². The van der Waals surface area contributed by atoms with Crippen LogP contribution < -0.4 is 10.6 Å². The van der Waals surface area contributed by atoms with Gasteiger partial charge in [-0.3, -0.25) is 9.79 Å². The first-order chi connectivity index (χ1) is 12.9. The third kappa shape index (κ3) is 6.24. The predicted molar refractivity (Wildman–Crippen MR) is 112 cm³/mol. The van der Waals surface area contributed by atoms with Gasteiger partial charge in [0.1, 0.15) is 0 Å². The predicted octanol–water partition coefficient (Wildman–Crippen LogP) is 2.10. The molecule has 1 aliphatic rings. The standard InChI is InChI=1S/C21H35N5O/c1-6-22-21(24-18-12-13-26(15-18)20(27)16(2)3)23-14-19(25(4)5)17-10-8-7-9-11-17/h7-11,16,18-19H,6,12-15H2,1-5H3,(H2,22,23,24). The molecule has 6 heteroatoms. The molecule has 0 radical (unpaired) electrons. The number of hydrogen-bond acceptors (Lipinski definition) is 3. The number of carbonyl (C=O) groups is 1. The molecule has 150 valence electrons. The second kappa shape index (κ2) is 10.3. The van der Waals surface area contributed by atoms with E-state index >= 15 is 0 Å². The second-order valence-corrected chi connectivity index (χ2v) is 7.68. The number of hydrogen-bond donors (Lipinski definition) is 2. The fourth-order valence-corrected chi connectivity index (χ4v) is 3.38. The van der Waals surface area contributed by atoms with Gasteiger partial charge in [-0.05, 0) is 33.0 Å². The highest BCUT2D eigenvalue weighted by molar-refractivity contribution is 5.81. The molecule has 2 atom stereocenters. The molecule has 0 bridgehead atoms. The van der Waals surface area contributed by atoms with Gasteiger partial charge >= 0.3 is 0 Å². The highest BCUT2D eigenvalue weighted by Crippen LogP contribution is 2.18. The number of nitrogens with one attached hydrogen (secondary N) is 2. The number of guanidine groups is 1. The number of carbonyl (C=O) groups excluding carboxylic acids is 1. The minimum Gasteiger partial charge on any atom is -0.357 e. The van der Waals surface area contributed by atoms with Gasteiger partial charge in [-0.25, -0.2) is 0 Å². The number of amides is 1. The van der Waals surface area contributed by atoms with Gasteiger partial charge in [-0.1, -0.05) is 44.2 Å². The first kappa shape index (κ1) is 21.2. The molecule has 1 heterocycles. The van der Waals surface area contributed by atoms with E-state index in [9.17, 15) is 4.79 Å². The molecule has 1 saturated heterocycles. The zero-order valence-corrected chi connectivity index (χ0v) is 17.4. The second-order valence-electron chi connectivity index (χ2n) is 7.68. The molecule has 1 aliphatic heterocycles. The third-order valence-electron chi connectivity index (χ3n) is 4.91. The first-order valence-corrected chi connectivity index (χ1v) is 9.97. The third-order valence-corrected chi connectivity index (χ3v) is 4.91. The van der Waals surface area contributed by atoms with E-state index in [4.69, 9.17) is 4.99 Å². The Labute approximate surface area is 164 Å². The molecule has 1 fully saturated rings. The van der Waals surface area contributed by atoms with Gasteiger partial charge in [-0.2, -0.15) is 0 Å². The summed E-state index contributed by atoms with van der Waals surface area (Å²) in [6.07, 6.45) is 0.957. The Bertz CT molecular complexity index is 614. The minimum atomic E-state index is 0.0531. The number of likely N-dealkylation sites (tertiary alicyclic amines) is 1. The lowest BCUT2D eigenvalue weighted by Gasteiger charge is -2.24. The lowest BCUT2D eigenvalue weighted by atomic mass is 10.1. The van der Waals surface area contributed by atoms with E-state index in [1.165, 1.54) is 5.56 Å². The summed E-state index contributed by atoms with van der Waals surface area (Å²) >= 11 is 0. The summed E-state index contributed by atoms with van der Waals surface area (Å²) in [4.78, 5) is 21.2. The van der Waals surface area contributed by atoms with Crippen molar-refractivity contribution in [2.45, 2.75) is 39.3 Å². The summed E-state index contributed by atoms with van der Waals surface area (Å²) in [5.41, 5.74) is 1.26. The Morgan fingerprint density at radius 3 is 2.59 bits per heavy atom. The van der Waals surface area contributed by atoms with Crippen molar-refractivity contribution in [3.8, 4) is 0 Å². The molecule has 0 saturated carbocycles. The number of rotatable bonds is 7. The van der Waals surface area contributed by atoms with Gasteiger partial charge in [0.2, 0.25) is 5.91 Å². The number of aliphatic imine (C=N–C) groups is 1. The summed E-state index contributed by atoms with van der Waals surface area (Å²) in [7, 11) is 4.17. The van der Waals surface area contributed by atoms with Crippen LogP contribution in [0.4, 0.5) is 0 Å². The van der Waals surface area contributed by atoms with Crippen LogP contribution in [0.3, 0.4) is 0 Å². The van der Waals surface area contributed by atoms with Crippen molar-refractivity contribution in [1.82, 2.24) is 20.4 Å². The van der Waals surface area contributed by atoms with E-state index in [2.05, 4.69) is 60.8 Å². The van der Waals surface area contributed by atoms with Crippen molar-refractivity contribution in [3.05, 3.63) is 35.9 Å². The molecule has 1 amide bonds. The van der Waals surface area contributed by atoms with Crippen LogP contribution in [-0.2, 0) is 4.79 Å². The minimum absolute atomic E-state index is 0.0531. The van der Waals surface area contributed by atoms with E-state index in [-0.39, 0.29) is 23.9 Å². The van der Waals surface area contributed by atoms with Gasteiger partial charge < -0.3 is 20.4 Å². The molecule has 2 unspecified atom stereocenters. The smallest absolute Gasteiger partial charge is 0.225 e. The Hall–Kier alpha value is -2.08. The van der Waals surface area contributed by atoms with Crippen LogP contribution in [-0.4, -0.2) is 68.0 Å². The van der Waals surface area contributed by atoms with E-state index in [1.807, 2.05) is 24.8 Å². The van der Waals surface area contributed by atoms with Crippen LogP contribution in [0.15, 0.2) is 35.3 Å². The van der Waals surface area contributed by atoms with Crippen molar-refractivity contribution in [2.24, 2.45) is 10.9 Å². The molecule has 0 aromatic heterocycles. The monoisotopic (exact) mass is 373 g/mol. The zero-order chi connectivity index (χ0) is 19.8. The normalized spacial score (nSPS) is 18.9. The Morgan fingerprint density at radius 2 is 2.00 bits per heavy atom. The zero-order valence-electron chi connectivity index (χ0n) is 17.4. The van der Waals surface area contributed by atoms with Crippen molar-refractivity contribution < 1.29 is 4.79 Å². The van der Waals surface area contributed by atoms with Gasteiger partial charge in [0, 0.05) is 31.6 Å². The molecule has 2 rings (SSSR count). The molecule has 27 heavy (non-hydrogen) atoms. The summed E-state index contributed by atoms with van der Waals surface area (Å²) in [6, 6.07) is 10.9. The van der Waals surface area contributed by atoms with Crippen LogP contribution in [0.2, 0.25) is 0 Å². The summed E-state index contributed by atoms with van der Waals surface area (Å²) in [5, 5.41) is 6.85. The Balaban J connectivity index is 2.00. The van der Waals surface area contributed by atoms with Crippen LogP contribution in [0.25, 0.3) is 0 Å². The number of nitrogens with zero attached hydrogens (tertiary/aromatic N) is 3. The van der Waals surface area contributed by atoms with Crippen LogP contribution >= 0.6 is 0 Å². The molecular weight excluding hydrogens is 338 g/mol. The maximum absolute atomic E-state index is 12.2. The van der Waals surface area contributed by atoms with Crippen molar-refractivity contribution in [2.75, 3.05) is 40.3 Å². The fraction of sp³-hybridized carbons (Fsp3) is 0.619. The van der Waals surface area contributed by atoms with E-state index in [1.54, 1.807) is 0 Å². The van der Waals surface area contributed by atoms with E-state index in [0.717, 1.165) is 32.0 Å². The van der Waals surface area contributed by atoms with E-state index < -0.39 is 0 Å². The molecular formula is C21H35N5O. The average Bonchev–Trinajstić information content (AvgIpc) is 3.10. The fourth-order valence-electron chi connectivity index (χ4n) is 3.38. The highest BCUT2D eigenvalue weighted by Gasteiger charge is 2.28. The van der Waals surface area contributed by atoms with E-state index in [0.29, 0.717) is 6.54 Å². The average molecular weight is 374 g/mol. The topological polar surface area (TPSA) is 60.0 Å². The Morgan fingerprint density at radius 1 is 1.30 bits per heavy atom. The van der Waals surface area contributed by atoms with Gasteiger partial charge in [0.25, 0.3) is 0 Å². The maximum atomic E-state index is 12.2.